The SMILES string of the molecule is O=C1CCCC[C@@H]1[C@@H](O)C1CCCCC1. The van der Waals surface area contributed by atoms with Crippen molar-refractivity contribution in [1.82, 2.24) is 0 Å². The molecule has 0 heterocycles. The zero-order valence-electron chi connectivity index (χ0n) is 9.45. The van der Waals surface area contributed by atoms with Crippen LogP contribution in [0.3, 0.4) is 0 Å². The van der Waals surface area contributed by atoms with Gasteiger partial charge in [-0.3, -0.25) is 4.79 Å². The second kappa shape index (κ2) is 5.11. The van der Waals surface area contributed by atoms with Crippen LogP contribution in [0.15, 0.2) is 0 Å². The van der Waals surface area contributed by atoms with Crippen LogP contribution in [0.25, 0.3) is 0 Å². The second-order valence-corrected chi connectivity index (χ2v) is 5.21. The summed E-state index contributed by atoms with van der Waals surface area (Å²) in [6.45, 7) is 0. The first-order valence-electron chi connectivity index (χ1n) is 6.50. The molecule has 0 aromatic rings. The van der Waals surface area contributed by atoms with Gasteiger partial charge in [0, 0.05) is 12.3 Å². The first-order valence-corrected chi connectivity index (χ1v) is 6.50. The number of aliphatic hydroxyl groups excluding tert-OH is 1. The van der Waals surface area contributed by atoms with Gasteiger partial charge in [-0.1, -0.05) is 25.7 Å². The molecule has 86 valence electrons. The molecule has 0 amide bonds. The van der Waals surface area contributed by atoms with Crippen LogP contribution in [-0.2, 0) is 4.79 Å². The molecule has 15 heavy (non-hydrogen) atoms. The molecule has 0 aromatic carbocycles. The van der Waals surface area contributed by atoms with Crippen molar-refractivity contribution in [2.75, 3.05) is 0 Å². The maximum Gasteiger partial charge on any atom is 0.138 e. The molecule has 2 heteroatoms. The molecule has 2 aliphatic rings. The van der Waals surface area contributed by atoms with Gasteiger partial charge in [0.2, 0.25) is 0 Å². The lowest BCUT2D eigenvalue weighted by Crippen LogP contribution is -2.37. The quantitative estimate of drug-likeness (QED) is 0.761. The summed E-state index contributed by atoms with van der Waals surface area (Å²) in [5.41, 5.74) is 0. The second-order valence-electron chi connectivity index (χ2n) is 5.21. The average molecular weight is 210 g/mol. The molecule has 1 N–H and O–H groups in total. The smallest absolute Gasteiger partial charge is 0.138 e. The number of ketones is 1. The molecule has 0 aromatic heterocycles. The van der Waals surface area contributed by atoms with Gasteiger partial charge < -0.3 is 5.11 Å². The van der Waals surface area contributed by atoms with Crippen molar-refractivity contribution in [3.63, 3.8) is 0 Å². The van der Waals surface area contributed by atoms with Gasteiger partial charge >= 0.3 is 0 Å². The zero-order valence-corrected chi connectivity index (χ0v) is 9.45. The van der Waals surface area contributed by atoms with Crippen LogP contribution >= 0.6 is 0 Å². The van der Waals surface area contributed by atoms with Crippen LogP contribution < -0.4 is 0 Å². The fourth-order valence-corrected chi connectivity index (χ4v) is 3.18. The van der Waals surface area contributed by atoms with Crippen LogP contribution in [0.5, 0.6) is 0 Å². The van der Waals surface area contributed by atoms with E-state index in [0.29, 0.717) is 18.1 Å². The third kappa shape index (κ3) is 2.60. The lowest BCUT2D eigenvalue weighted by molar-refractivity contribution is -0.130. The van der Waals surface area contributed by atoms with Crippen molar-refractivity contribution in [2.24, 2.45) is 11.8 Å². The Morgan fingerprint density at radius 2 is 1.67 bits per heavy atom. The summed E-state index contributed by atoms with van der Waals surface area (Å²) in [4.78, 5) is 11.7. The molecule has 2 rings (SSSR count). The van der Waals surface area contributed by atoms with Crippen LogP contribution in [0.2, 0.25) is 0 Å². The molecule has 0 aliphatic heterocycles. The highest BCUT2D eigenvalue weighted by molar-refractivity contribution is 5.82. The highest BCUT2D eigenvalue weighted by Crippen LogP contribution is 2.33. The van der Waals surface area contributed by atoms with E-state index in [1.165, 1.54) is 19.3 Å². The van der Waals surface area contributed by atoms with Gasteiger partial charge in [-0.2, -0.15) is 0 Å². The predicted molar refractivity (Wildman–Crippen MR) is 59.5 cm³/mol. The summed E-state index contributed by atoms with van der Waals surface area (Å²) in [7, 11) is 0. The van der Waals surface area contributed by atoms with E-state index in [4.69, 9.17) is 0 Å². The Morgan fingerprint density at radius 1 is 1.00 bits per heavy atom. The average Bonchev–Trinajstić information content (AvgIpc) is 2.30. The minimum atomic E-state index is -0.335. The van der Waals surface area contributed by atoms with E-state index >= 15 is 0 Å². The Bertz CT molecular complexity index is 219. The van der Waals surface area contributed by atoms with Gasteiger partial charge in [0.15, 0.2) is 0 Å². The van der Waals surface area contributed by atoms with Crippen molar-refractivity contribution in [1.29, 1.82) is 0 Å². The van der Waals surface area contributed by atoms with Crippen LogP contribution in [0.1, 0.15) is 57.8 Å². The molecule has 2 nitrogen and oxygen atoms in total. The van der Waals surface area contributed by atoms with Gasteiger partial charge in [-0.15, -0.1) is 0 Å². The van der Waals surface area contributed by atoms with E-state index in [-0.39, 0.29) is 12.0 Å². The summed E-state index contributed by atoms with van der Waals surface area (Å²) >= 11 is 0. The monoisotopic (exact) mass is 210 g/mol. The Morgan fingerprint density at radius 3 is 2.33 bits per heavy atom. The van der Waals surface area contributed by atoms with Crippen molar-refractivity contribution in [3.05, 3.63) is 0 Å². The minimum Gasteiger partial charge on any atom is -0.392 e. The fraction of sp³-hybridized carbons (Fsp3) is 0.923. The van der Waals surface area contributed by atoms with E-state index < -0.39 is 0 Å². The molecule has 0 unspecified atom stereocenters. The van der Waals surface area contributed by atoms with Crippen LogP contribution in [-0.4, -0.2) is 17.0 Å². The van der Waals surface area contributed by atoms with E-state index in [1.54, 1.807) is 0 Å². The molecule has 0 radical (unpaired) electrons. The molecular formula is C13H22O2. The number of carbonyl (C=O) groups excluding carboxylic acids is 1. The number of aliphatic hydroxyl groups is 1. The molecule has 2 atom stereocenters. The normalized spacial score (nSPS) is 31.5. The van der Waals surface area contributed by atoms with Crippen molar-refractivity contribution in [2.45, 2.75) is 63.9 Å². The Balaban J connectivity index is 1.92. The summed E-state index contributed by atoms with van der Waals surface area (Å²) < 4.78 is 0. The van der Waals surface area contributed by atoms with Crippen LogP contribution in [0, 0.1) is 11.8 Å². The molecular weight excluding hydrogens is 188 g/mol. The standard InChI is InChI=1S/C13H22O2/c14-12-9-5-4-8-11(12)13(15)10-6-2-1-3-7-10/h10-11,13,15H,1-9H2/t11-,13-/m0/s1. The maximum atomic E-state index is 11.7. The number of hydrogen-bond acceptors (Lipinski definition) is 2. The van der Waals surface area contributed by atoms with E-state index in [2.05, 4.69) is 0 Å². The summed E-state index contributed by atoms with van der Waals surface area (Å²) in [5, 5.41) is 10.2. The first-order chi connectivity index (χ1) is 7.29. The van der Waals surface area contributed by atoms with Gasteiger partial charge in [0.05, 0.1) is 6.10 Å². The number of hydrogen-bond donors (Lipinski definition) is 1. The van der Waals surface area contributed by atoms with Gasteiger partial charge in [0.25, 0.3) is 0 Å². The Kier molecular flexibility index (Phi) is 3.79. The third-order valence-corrected chi connectivity index (χ3v) is 4.15. The Labute approximate surface area is 92.1 Å². The minimum absolute atomic E-state index is 0.0261. The molecule has 0 spiro atoms. The van der Waals surface area contributed by atoms with E-state index in [9.17, 15) is 9.90 Å². The van der Waals surface area contributed by atoms with Gasteiger partial charge in [0.1, 0.15) is 5.78 Å². The van der Waals surface area contributed by atoms with E-state index in [0.717, 1.165) is 32.1 Å². The van der Waals surface area contributed by atoms with Crippen molar-refractivity contribution in [3.8, 4) is 0 Å². The van der Waals surface area contributed by atoms with Crippen molar-refractivity contribution < 1.29 is 9.90 Å². The lowest BCUT2D eigenvalue weighted by atomic mass is 9.75. The molecule has 2 fully saturated rings. The summed E-state index contributed by atoms with van der Waals surface area (Å²) in [5.74, 6) is 0.701. The molecule has 2 saturated carbocycles. The summed E-state index contributed by atoms with van der Waals surface area (Å²) in [6.07, 6.45) is 9.50. The van der Waals surface area contributed by atoms with Gasteiger partial charge in [-0.05, 0) is 31.6 Å². The summed E-state index contributed by atoms with van der Waals surface area (Å²) in [6, 6.07) is 0. The Hall–Kier alpha value is -0.370. The third-order valence-electron chi connectivity index (χ3n) is 4.15. The number of Topliss-reactive ketones (excluding diaryl/α,β-unsaturated/α-hetero) is 1. The fourth-order valence-electron chi connectivity index (χ4n) is 3.18. The maximum absolute atomic E-state index is 11.7. The highest BCUT2D eigenvalue weighted by Gasteiger charge is 2.34. The predicted octanol–water partition coefficient (Wildman–Crippen LogP) is 2.69. The topological polar surface area (TPSA) is 37.3 Å². The number of carbonyl (C=O) groups is 1. The van der Waals surface area contributed by atoms with E-state index in [1.807, 2.05) is 0 Å². The van der Waals surface area contributed by atoms with Gasteiger partial charge in [-0.25, -0.2) is 0 Å². The number of rotatable bonds is 2. The lowest BCUT2D eigenvalue weighted by Gasteiger charge is -2.33. The van der Waals surface area contributed by atoms with Crippen LogP contribution in [0.4, 0.5) is 0 Å². The largest absolute Gasteiger partial charge is 0.392 e. The highest BCUT2D eigenvalue weighted by atomic mass is 16.3. The molecule has 2 aliphatic carbocycles. The molecule has 0 saturated heterocycles. The molecule has 0 bridgehead atoms. The zero-order chi connectivity index (χ0) is 10.7. The van der Waals surface area contributed by atoms with Crippen molar-refractivity contribution >= 4 is 5.78 Å². The first kappa shape index (κ1) is 11.1.